The number of phenols is 1. The Labute approximate surface area is 118 Å². The van der Waals surface area contributed by atoms with Gasteiger partial charge in [-0.3, -0.25) is 4.79 Å². The van der Waals surface area contributed by atoms with Gasteiger partial charge in [0.25, 0.3) is 0 Å². The first-order valence-electron chi connectivity index (χ1n) is 6.39. The molecule has 1 aromatic rings. The molecule has 1 rings (SSSR count). The number of carbonyl (C=O) groups is 1. The first kappa shape index (κ1) is 16.2. The number of hydrogen-bond donors (Lipinski definition) is 3. The second kappa shape index (κ2) is 7.67. The number of aliphatic hydroxyl groups is 1. The van der Waals surface area contributed by atoms with Crippen LogP contribution in [0, 0.1) is 0 Å². The number of nitrogens with one attached hydrogen (secondary N) is 1. The zero-order valence-corrected chi connectivity index (χ0v) is 11.8. The highest BCUT2D eigenvalue weighted by molar-refractivity contribution is 5.91. The van der Waals surface area contributed by atoms with Gasteiger partial charge >= 0.3 is 0 Å². The van der Waals surface area contributed by atoms with Crippen molar-refractivity contribution in [2.24, 2.45) is 0 Å². The molecule has 1 aromatic carbocycles. The number of methoxy groups -OCH3 is 1. The second-order valence-corrected chi connectivity index (χ2v) is 4.88. The Hall–Kier alpha value is -1.85. The van der Waals surface area contributed by atoms with Gasteiger partial charge < -0.3 is 20.3 Å². The molecular weight excluding hydrogens is 258 g/mol. The maximum Gasteiger partial charge on any atom is 0.244 e. The fourth-order valence-electron chi connectivity index (χ4n) is 1.50. The average molecular weight is 279 g/mol. The summed E-state index contributed by atoms with van der Waals surface area (Å²) in [5, 5.41) is 21.7. The minimum atomic E-state index is -0.988. The molecule has 0 saturated carbocycles. The van der Waals surface area contributed by atoms with Gasteiger partial charge in [-0.1, -0.05) is 12.1 Å². The summed E-state index contributed by atoms with van der Waals surface area (Å²) in [6.45, 7) is 2.25. The highest BCUT2D eigenvalue weighted by Crippen LogP contribution is 2.11. The molecule has 0 fully saturated rings. The highest BCUT2D eigenvalue weighted by Gasteiger charge is 2.20. The van der Waals surface area contributed by atoms with Crippen LogP contribution < -0.4 is 5.32 Å². The van der Waals surface area contributed by atoms with Gasteiger partial charge in [0.1, 0.15) is 5.75 Å². The van der Waals surface area contributed by atoms with E-state index in [-0.39, 0.29) is 18.2 Å². The fraction of sp³-hybridized carbons (Fsp3) is 0.400. The van der Waals surface area contributed by atoms with Gasteiger partial charge in [-0.25, -0.2) is 0 Å². The van der Waals surface area contributed by atoms with Gasteiger partial charge in [-0.15, -0.1) is 0 Å². The lowest BCUT2D eigenvalue weighted by atomic mass is 10.0. The predicted molar refractivity (Wildman–Crippen MR) is 77.3 cm³/mol. The molecule has 0 aliphatic carbocycles. The molecule has 0 heterocycles. The van der Waals surface area contributed by atoms with Gasteiger partial charge in [0.05, 0.1) is 5.60 Å². The van der Waals surface area contributed by atoms with Crippen LogP contribution in [0.5, 0.6) is 5.75 Å². The third-order valence-corrected chi connectivity index (χ3v) is 2.81. The molecule has 0 saturated heterocycles. The third kappa shape index (κ3) is 6.36. The molecule has 1 amide bonds. The van der Waals surface area contributed by atoms with E-state index in [1.165, 1.54) is 6.08 Å². The first-order valence-corrected chi connectivity index (χ1v) is 6.39. The third-order valence-electron chi connectivity index (χ3n) is 2.81. The van der Waals surface area contributed by atoms with Crippen molar-refractivity contribution in [1.82, 2.24) is 5.32 Å². The summed E-state index contributed by atoms with van der Waals surface area (Å²) in [6, 6.07) is 6.50. The van der Waals surface area contributed by atoms with Gasteiger partial charge in [-0.2, -0.15) is 0 Å². The molecule has 20 heavy (non-hydrogen) atoms. The molecule has 3 N–H and O–H groups in total. The molecule has 5 heteroatoms. The number of rotatable bonds is 7. The molecule has 0 radical (unpaired) electrons. The zero-order chi connectivity index (χ0) is 15.0. The lowest BCUT2D eigenvalue weighted by Gasteiger charge is -2.22. The van der Waals surface area contributed by atoms with Gasteiger partial charge in [0, 0.05) is 32.8 Å². The quantitative estimate of drug-likeness (QED) is 0.658. The highest BCUT2D eigenvalue weighted by atomic mass is 16.5. The van der Waals surface area contributed by atoms with Crippen LogP contribution in [0.4, 0.5) is 0 Å². The Balaban J connectivity index is 2.41. The number of hydrogen-bond acceptors (Lipinski definition) is 4. The van der Waals surface area contributed by atoms with Crippen molar-refractivity contribution < 1.29 is 19.7 Å². The van der Waals surface area contributed by atoms with E-state index < -0.39 is 5.60 Å². The first-order chi connectivity index (χ1) is 9.43. The summed E-state index contributed by atoms with van der Waals surface area (Å²) in [7, 11) is 1.56. The zero-order valence-electron chi connectivity index (χ0n) is 11.8. The van der Waals surface area contributed by atoms with Crippen LogP contribution in [-0.2, 0) is 9.53 Å². The summed E-state index contributed by atoms with van der Waals surface area (Å²) in [5.41, 5.74) is -0.179. The van der Waals surface area contributed by atoms with Crippen LogP contribution in [0.1, 0.15) is 18.9 Å². The van der Waals surface area contributed by atoms with Crippen LogP contribution in [0.15, 0.2) is 30.3 Å². The summed E-state index contributed by atoms with van der Waals surface area (Å²) in [6.07, 6.45) is 3.48. The minimum Gasteiger partial charge on any atom is -0.508 e. The number of phenolic OH excluding ortho intramolecular Hbond substituents is 1. The van der Waals surface area contributed by atoms with Crippen LogP contribution >= 0.6 is 0 Å². The largest absolute Gasteiger partial charge is 0.508 e. The van der Waals surface area contributed by atoms with Crippen LogP contribution in [0.3, 0.4) is 0 Å². The van der Waals surface area contributed by atoms with Crippen molar-refractivity contribution in [2.75, 3.05) is 20.3 Å². The van der Waals surface area contributed by atoms with Crippen LogP contribution in [0.2, 0.25) is 0 Å². The molecule has 0 bridgehead atoms. The van der Waals surface area contributed by atoms with E-state index in [0.717, 1.165) is 5.56 Å². The normalized spacial score (nSPS) is 14.2. The molecule has 110 valence electrons. The molecule has 0 aliphatic rings. The predicted octanol–water partition coefficient (Wildman–Crippen LogP) is 1.31. The lowest BCUT2D eigenvalue weighted by molar-refractivity contribution is -0.117. The average Bonchev–Trinajstić information content (AvgIpc) is 2.42. The Morgan fingerprint density at radius 3 is 2.65 bits per heavy atom. The lowest BCUT2D eigenvalue weighted by Crippen LogP contribution is -2.40. The molecule has 0 aliphatic heterocycles. The monoisotopic (exact) mass is 279 g/mol. The summed E-state index contributed by atoms with van der Waals surface area (Å²) >= 11 is 0. The maximum absolute atomic E-state index is 11.6. The molecule has 0 spiro atoms. The standard InChI is InChI=1S/C15H21NO4/c1-15(19,9-10-20-2)11-16-14(18)8-5-12-3-6-13(17)7-4-12/h3-8,17,19H,9-11H2,1-2H3,(H,16,18)/b8-5+. The summed E-state index contributed by atoms with van der Waals surface area (Å²) in [4.78, 5) is 11.6. The SMILES string of the molecule is COCCC(C)(O)CNC(=O)/C=C/c1ccc(O)cc1. The van der Waals surface area contributed by atoms with E-state index in [1.807, 2.05) is 0 Å². The van der Waals surface area contributed by atoms with Crippen molar-refractivity contribution >= 4 is 12.0 Å². The molecule has 0 aromatic heterocycles. The van der Waals surface area contributed by atoms with E-state index in [4.69, 9.17) is 9.84 Å². The minimum absolute atomic E-state index is 0.162. The Kier molecular flexibility index (Phi) is 6.21. The molecular formula is C15H21NO4. The van der Waals surface area contributed by atoms with Crippen molar-refractivity contribution in [3.05, 3.63) is 35.9 Å². The molecule has 1 atom stereocenters. The second-order valence-electron chi connectivity index (χ2n) is 4.88. The number of ether oxygens (including phenoxy) is 1. The van der Waals surface area contributed by atoms with E-state index in [9.17, 15) is 9.90 Å². The number of carbonyl (C=O) groups excluding carboxylic acids is 1. The van der Waals surface area contributed by atoms with E-state index in [1.54, 1.807) is 44.4 Å². The number of amides is 1. The Morgan fingerprint density at radius 2 is 2.05 bits per heavy atom. The van der Waals surface area contributed by atoms with Gasteiger partial charge in [-0.05, 0) is 30.7 Å². The fourth-order valence-corrected chi connectivity index (χ4v) is 1.50. The van der Waals surface area contributed by atoms with E-state index >= 15 is 0 Å². The van der Waals surface area contributed by atoms with E-state index in [2.05, 4.69) is 5.32 Å². The van der Waals surface area contributed by atoms with Crippen molar-refractivity contribution in [3.8, 4) is 5.75 Å². The summed E-state index contributed by atoms with van der Waals surface area (Å²) in [5.74, 6) is -0.100. The van der Waals surface area contributed by atoms with Crippen LogP contribution in [0.25, 0.3) is 6.08 Å². The number of benzene rings is 1. The maximum atomic E-state index is 11.6. The number of aromatic hydroxyl groups is 1. The van der Waals surface area contributed by atoms with E-state index in [0.29, 0.717) is 13.0 Å². The van der Waals surface area contributed by atoms with Crippen molar-refractivity contribution in [2.45, 2.75) is 18.9 Å². The van der Waals surface area contributed by atoms with Gasteiger partial charge in [0.2, 0.25) is 5.91 Å². The van der Waals surface area contributed by atoms with Gasteiger partial charge in [0.15, 0.2) is 0 Å². The van der Waals surface area contributed by atoms with Crippen LogP contribution in [-0.4, -0.2) is 42.0 Å². The van der Waals surface area contributed by atoms with Crippen molar-refractivity contribution in [3.63, 3.8) is 0 Å². The Bertz CT molecular complexity index is 451. The topological polar surface area (TPSA) is 78.8 Å². The smallest absolute Gasteiger partial charge is 0.244 e. The molecule has 1 unspecified atom stereocenters. The summed E-state index contributed by atoms with van der Waals surface area (Å²) < 4.78 is 4.89. The Morgan fingerprint density at radius 1 is 1.40 bits per heavy atom. The van der Waals surface area contributed by atoms with Crippen molar-refractivity contribution in [1.29, 1.82) is 0 Å². The molecule has 5 nitrogen and oxygen atoms in total.